The van der Waals surface area contributed by atoms with Gasteiger partial charge in [0, 0.05) is 0 Å². The monoisotopic (exact) mass is 209 g/mol. The van der Waals surface area contributed by atoms with E-state index in [1.807, 2.05) is 0 Å². The fourth-order valence-corrected chi connectivity index (χ4v) is 0.860. The zero-order chi connectivity index (χ0) is 10.9. The van der Waals surface area contributed by atoms with E-state index in [4.69, 9.17) is 15.5 Å². The third-order valence-corrected chi connectivity index (χ3v) is 1.52. The average molecular weight is 209 g/mol. The predicted molar refractivity (Wildman–Crippen MR) is 39.2 cm³/mol. The molecular weight excluding hydrogens is 203 g/mol. The van der Waals surface area contributed by atoms with Gasteiger partial charge in [0.25, 0.3) is 0 Å². The van der Waals surface area contributed by atoms with E-state index in [9.17, 15) is 13.2 Å². The fraction of sp³-hybridized carbons (Fsp3) is 0.143. The van der Waals surface area contributed by atoms with Crippen molar-refractivity contribution in [2.24, 2.45) is 0 Å². The maximum absolute atomic E-state index is 12.1. The Hall–Kier alpha value is -1.47. The van der Waals surface area contributed by atoms with Crippen molar-refractivity contribution < 1.29 is 28.7 Å². The summed E-state index contributed by atoms with van der Waals surface area (Å²) in [7, 11) is 0. The second-order valence-electron chi connectivity index (χ2n) is 2.49. The van der Waals surface area contributed by atoms with Crippen LogP contribution >= 0.6 is 0 Å². The van der Waals surface area contributed by atoms with Crippen LogP contribution in [-0.2, 0) is 6.18 Å². The molecule has 0 bridgehead atoms. The summed E-state index contributed by atoms with van der Waals surface area (Å²) in [5.74, 6) is -0.664. The molecule has 0 saturated carbocycles. The van der Waals surface area contributed by atoms with Crippen molar-refractivity contribution in [2.75, 3.05) is 5.23 Å². The van der Waals surface area contributed by atoms with Gasteiger partial charge in [-0.2, -0.15) is 13.2 Å². The second kappa shape index (κ2) is 3.35. The lowest BCUT2D eigenvalue weighted by Crippen LogP contribution is -2.13. The normalized spacial score (nSPS) is 11.5. The Morgan fingerprint density at radius 1 is 1.14 bits per heavy atom. The Kier molecular flexibility index (Phi) is 2.54. The number of aromatic hydroxyl groups is 1. The van der Waals surface area contributed by atoms with E-state index in [0.717, 1.165) is 6.07 Å². The largest absolute Gasteiger partial charge is 0.506 e. The SMILES string of the molecule is Oc1ccc(C(F)(F)F)cc1N(O)O. The van der Waals surface area contributed by atoms with Gasteiger partial charge in [-0.15, -0.1) is 5.23 Å². The summed E-state index contributed by atoms with van der Waals surface area (Å²) >= 11 is 0. The molecular formula is C7H6F3NO3. The summed E-state index contributed by atoms with van der Waals surface area (Å²) in [5.41, 5.74) is -1.82. The maximum Gasteiger partial charge on any atom is 0.416 e. The first kappa shape index (κ1) is 10.6. The van der Waals surface area contributed by atoms with Gasteiger partial charge in [0.1, 0.15) is 11.4 Å². The Morgan fingerprint density at radius 2 is 1.71 bits per heavy atom. The zero-order valence-electron chi connectivity index (χ0n) is 6.65. The molecule has 1 aromatic carbocycles. The van der Waals surface area contributed by atoms with Gasteiger partial charge in [-0.05, 0) is 18.2 Å². The first-order valence-electron chi connectivity index (χ1n) is 3.40. The number of anilines is 1. The molecule has 0 aliphatic heterocycles. The minimum Gasteiger partial charge on any atom is -0.506 e. The molecule has 0 unspecified atom stereocenters. The quantitative estimate of drug-likeness (QED) is 0.619. The van der Waals surface area contributed by atoms with E-state index < -0.39 is 28.4 Å². The summed E-state index contributed by atoms with van der Waals surface area (Å²) in [6.45, 7) is 0. The zero-order valence-corrected chi connectivity index (χ0v) is 6.65. The van der Waals surface area contributed by atoms with Gasteiger partial charge in [-0.1, -0.05) is 0 Å². The Labute approximate surface area is 76.3 Å². The van der Waals surface area contributed by atoms with Crippen LogP contribution in [0.3, 0.4) is 0 Å². The first-order chi connectivity index (χ1) is 6.32. The van der Waals surface area contributed by atoms with Crippen LogP contribution in [0.1, 0.15) is 5.56 Å². The maximum atomic E-state index is 12.1. The van der Waals surface area contributed by atoms with Crippen molar-refractivity contribution in [1.29, 1.82) is 0 Å². The highest BCUT2D eigenvalue weighted by atomic mass is 19.4. The van der Waals surface area contributed by atoms with Crippen LogP contribution in [0.2, 0.25) is 0 Å². The van der Waals surface area contributed by atoms with Crippen molar-refractivity contribution >= 4 is 5.69 Å². The Morgan fingerprint density at radius 3 is 2.14 bits per heavy atom. The van der Waals surface area contributed by atoms with Crippen molar-refractivity contribution in [2.45, 2.75) is 6.18 Å². The molecule has 0 atom stereocenters. The number of rotatable bonds is 1. The molecule has 78 valence electrons. The van der Waals surface area contributed by atoms with Crippen LogP contribution in [-0.4, -0.2) is 15.5 Å². The second-order valence-corrected chi connectivity index (χ2v) is 2.49. The lowest BCUT2D eigenvalue weighted by molar-refractivity contribution is -0.137. The number of phenols is 1. The average Bonchev–Trinajstić information content (AvgIpc) is 2.02. The van der Waals surface area contributed by atoms with Crippen molar-refractivity contribution in [3.05, 3.63) is 23.8 Å². The molecule has 0 heterocycles. The standard InChI is InChI=1S/C7H6F3NO3/c8-7(9,10)4-1-2-6(12)5(3-4)11(13)14/h1-3,12-14H. The van der Waals surface area contributed by atoms with Crippen molar-refractivity contribution in [3.63, 3.8) is 0 Å². The minimum absolute atomic E-state index is 0.412. The summed E-state index contributed by atoms with van der Waals surface area (Å²) in [6.07, 6.45) is -4.60. The van der Waals surface area contributed by atoms with Crippen LogP contribution in [0.4, 0.5) is 18.9 Å². The molecule has 0 aliphatic rings. The van der Waals surface area contributed by atoms with Gasteiger partial charge in [-0.3, -0.25) is 10.4 Å². The van der Waals surface area contributed by atoms with Gasteiger partial charge in [-0.25, -0.2) is 0 Å². The number of halogens is 3. The molecule has 14 heavy (non-hydrogen) atoms. The number of hydrogen-bond donors (Lipinski definition) is 3. The number of hydrogen-bond acceptors (Lipinski definition) is 4. The number of alkyl halides is 3. The van der Waals surface area contributed by atoms with Crippen LogP contribution in [0.15, 0.2) is 18.2 Å². The molecule has 0 radical (unpaired) electrons. The van der Waals surface area contributed by atoms with Gasteiger partial charge in [0.2, 0.25) is 0 Å². The van der Waals surface area contributed by atoms with E-state index in [-0.39, 0.29) is 0 Å². The van der Waals surface area contributed by atoms with Crippen LogP contribution in [0.5, 0.6) is 5.75 Å². The molecule has 4 nitrogen and oxygen atoms in total. The molecule has 0 spiro atoms. The minimum atomic E-state index is -4.60. The smallest absolute Gasteiger partial charge is 0.416 e. The molecule has 1 rings (SSSR count). The summed E-state index contributed by atoms with van der Waals surface area (Å²) in [5, 5.41) is 25.3. The lowest BCUT2D eigenvalue weighted by Gasteiger charge is -2.12. The predicted octanol–water partition coefficient (Wildman–Crippen LogP) is 2.00. The molecule has 1 aromatic rings. The third-order valence-electron chi connectivity index (χ3n) is 1.52. The van der Waals surface area contributed by atoms with E-state index in [1.54, 1.807) is 0 Å². The summed E-state index contributed by atoms with van der Waals surface area (Å²) in [6, 6.07) is 1.76. The van der Waals surface area contributed by atoms with Gasteiger partial charge in [0.05, 0.1) is 5.56 Å². The number of nitrogens with zero attached hydrogens (tertiary/aromatic N) is 1. The Balaban J connectivity index is 3.20. The van der Waals surface area contributed by atoms with E-state index in [1.165, 1.54) is 0 Å². The molecule has 0 saturated heterocycles. The number of phenolic OH excluding ortho intramolecular Hbond substituents is 1. The lowest BCUT2D eigenvalue weighted by atomic mass is 10.2. The van der Waals surface area contributed by atoms with Crippen LogP contribution < -0.4 is 5.23 Å². The molecule has 0 aliphatic carbocycles. The Bertz CT molecular complexity index is 337. The van der Waals surface area contributed by atoms with Crippen molar-refractivity contribution in [3.8, 4) is 5.75 Å². The highest BCUT2D eigenvalue weighted by molar-refractivity contribution is 5.56. The fourth-order valence-electron chi connectivity index (χ4n) is 0.860. The molecule has 3 N–H and O–H groups in total. The molecule has 7 heteroatoms. The van der Waals surface area contributed by atoms with E-state index in [0.29, 0.717) is 12.1 Å². The van der Waals surface area contributed by atoms with E-state index >= 15 is 0 Å². The van der Waals surface area contributed by atoms with E-state index in [2.05, 4.69) is 0 Å². The van der Waals surface area contributed by atoms with Gasteiger partial charge >= 0.3 is 6.18 Å². The highest BCUT2D eigenvalue weighted by Crippen LogP contribution is 2.35. The van der Waals surface area contributed by atoms with Crippen LogP contribution in [0, 0.1) is 0 Å². The molecule has 0 fully saturated rings. The summed E-state index contributed by atoms with van der Waals surface area (Å²) in [4.78, 5) is 0. The third kappa shape index (κ3) is 2.06. The van der Waals surface area contributed by atoms with Gasteiger partial charge in [0.15, 0.2) is 0 Å². The molecule has 0 aromatic heterocycles. The van der Waals surface area contributed by atoms with Crippen LogP contribution in [0.25, 0.3) is 0 Å². The van der Waals surface area contributed by atoms with Gasteiger partial charge < -0.3 is 5.11 Å². The topological polar surface area (TPSA) is 63.9 Å². The number of benzene rings is 1. The highest BCUT2D eigenvalue weighted by Gasteiger charge is 2.31. The molecule has 0 amide bonds. The summed E-state index contributed by atoms with van der Waals surface area (Å²) < 4.78 is 36.3. The van der Waals surface area contributed by atoms with Crippen molar-refractivity contribution in [1.82, 2.24) is 0 Å². The first-order valence-corrected chi connectivity index (χ1v) is 3.40.